The van der Waals surface area contributed by atoms with Crippen LogP contribution in [0, 0.1) is 0 Å². The van der Waals surface area contributed by atoms with E-state index in [9.17, 15) is 14.4 Å². The Bertz CT molecular complexity index is 1630. The second-order valence-electron chi connectivity index (χ2n) is 8.66. The number of ketones is 1. The molecule has 1 heterocycles. The van der Waals surface area contributed by atoms with Crippen LogP contribution in [0.2, 0.25) is 0 Å². The molecule has 9 heteroatoms. The Morgan fingerprint density at radius 2 is 1.72 bits per heavy atom. The number of benzene rings is 4. The van der Waals surface area contributed by atoms with Crippen LogP contribution in [-0.2, 0) is 11.4 Å². The van der Waals surface area contributed by atoms with Gasteiger partial charge in [0.1, 0.15) is 6.61 Å². The second kappa shape index (κ2) is 11.8. The van der Waals surface area contributed by atoms with Crippen LogP contribution in [0.5, 0.6) is 11.5 Å². The number of fused-ring (bicyclic) bond motifs is 1. The molecule has 2 amide bonds. The number of nitrogens with zero attached hydrogens (tertiary/aromatic N) is 1. The van der Waals surface area contributed by atoms with Crippen molar-refractivity contribution >= 4 is 77.4 Å². The zero-order chi connectivity index (χ0) is 27.5. The van der Waals surface area contributed by atoms with Crippen molar-refractivity contribution in [3.8, 4) is 11.5 Å². The van der Waals surface area contributed by atoms with E-state index in [1.54, 1.807) is 42.5 Å². The predicted octanol–water partition coefficient (Wildman–Crippen LogP) is 7.87. The SMILES string of the molecule is COc1cc(/C=C2/SC(=O)N(CC(=O)c3ccc(Br)cc3)C2=O)cc(Br)c1OCc1cccc2ccccc12. The molecule has 0 N–H and O–H groups in total. The van der Waals surface area contributed by atoms with Gasteiger partial charge in [-0.1, -0.05) is 70.5 Å². The Hall–Kier alpha value is -3.40. The quantitative estimate of drug-likeness (QED) is 0.141. The minimum Gasteiger partial charge on any atom is -0.493 e. The van der Waals surface area contributed by atoms with Crippen LogP contribution in [0.3, 0.4) is 0 Å². The molecule has 1 saturated heterocycles. The predicted molar refractivity (Wildman–Crippen MR) is 160 cm³/mol. The van der Waals surface area contributed by atoms with Crippen molar-refractivity contribution in [2.75, 3.05) is 13.7 Å². The zero-order valence-electron chi connectivity index (χ0n) is 20.6. The first-order chi connectivity index (χ1) is 18.8. The van der Waals surface area contributed by atoms with Crippen molar-refractivity contribution in [2.45, 2.75) is 6.61 Å². The van der Waals surface area contributed by atoms with E-state index in [1.807, 2.05) is 24.3 Å². The Balaban J connectivity index is 1.34. The number of methoxy groups -OCH3 is 1. The van der Waals surface area contributed by atoms with Gasteiger partial charge in [-0.25, -0.2) is 0 Å². The molecule has 1 fully saturated rings. The van der Waals surface area contributed by atoms with E-state index >= 15 is 0 Å². The number of hydrogen-bond donors (Lipinski definition) is 0. The summed E-state index contributed by atoms with van der Waals surface area (Å²) in [5, 5.41) is 1.76. The van der Waals surface area contributed by atoms with Crippen molar-refractivity contribution in [1.82, 2.24) is 4.90 Å². The van der Waals surface area contributed by atoms with Gasteiger partial charge in [-0.3, -0.25) is 19.3 Å². The Morgan fingerprint density at radius 1 is 0.974 bits per heavy atom. The van der Waals surface area contributed by atoms with Crippen LogP contribution >= 0.6 is 43.6 Å². The van der Waals surface area contributed by atoms with Crippen molar-refractivity contribution in [3.63, 3.8) is 0 Å². The minimum absolute atomic E-state index is 0.224. The van der Waals surface area contributed by atoms with Crippen molar-refractivity contribution in [3.05, 3.63) is 109 Å². The lowest BCUT2D eigenvalue weighted by molar-refractivity contribution is -0.122. The molecule has 0 unspecified atom stereocenters. The molecular weight excluding hydrogens is 646 g/mol. The van der Waals surface area contributed by atoms with Crippen LogP contribution in [0.25, 0.3) is 16.8 Å². The summed E-state index contributed by atoms with van der Waals surface area (Å²) < 4.78 is 13.2. The minimum atomic E-state index is -0.512. The molecule has 0 saturated carbocycles. The number of thioether (sulfide) groups is 1. The maximum absolute atomic E-state index is 13.0. The summed E-state index contributed by atoms with van der Waals surface area (Å²) in [6.07, 6.45) is 1.61. The fourth-order valence-corrected chi connectivity index (χ4v) is 5.87. The third kappa shape index (κ3) is 5.95. The van der Waals surface area contributed by atoms with E-state index in [1.165, 1.54) is 7.11 Å². The van der Waals surface area contributed by atoms with E-state index in [4.69, 9.17) is 9.47 Å². The molecule has 0 radical (unpaired) electrons. The molecule has 4 aromatic carbocycles. The molecule has 0 atom stereocenters. The van der Waals surface area contributed by atoms with Crippen LogP contribution in [0.4, 0.5) is 4.79 Å². The molecule has 6 nitrogen and oxygen atoms in total. The number of imide groups is 1. The van der Waals surface area contributed by atoms with E-state index in [-0.39, 0.29) is 17.2 Å². The first kappa shape index (κ1) is 27.2. The molecule has 0 aliphatic carbocycles. The summed E-state index contributed by atoms with van der Waals surface area (Å²) in [7, 11) is 1.54. The maximum atomic E-state index is 13.0. The molecule has 196 valence electrons. The van der Waals surface area contributed by atoms with E-state index < -0.39 is 11.1 Å². The molecule has 0 aromatic heterocycles. The molecule has 5 rings (SSSR count). The number of halogens is 2. The number of amides is 2. The van der Waals surface area contributed by atoms with Gasteiger partial charge in [0.05, 0.1) is 23.0 Å². The normalized spacial score (nSPS) is 14.3. The fraction of sp³-hybridized carbons (Fsp3) is 0.100. The topological polar surface area (TPSA) is 72.9 Å². The van der Waals surface area contributed by atoms with Crippen LogP contribution in [0.15, 0.2) is 92.7 Å². The van der Waals surface area contributed by atoms with Crippen molar-refractivity contribution in [2.24, 2.45) is 0 Å². The fourth-order valence-electron chi connectivity index (χ4n) is 4.19. The van der Waals surface area contributed by atoms with Gasteiger partial charge >= 0.3 is 0 Å². The second-order valence-corrected chi connectivity index (χ2v) is 11.4. The summed E-state index contributed by atoms with van der Waals surface area (Å²) in [6.45, 7) is 0.0124. The first-order valence-corrected chi connectivity index (χ1v) is 14.3. The highest BCUT2D eigenvalue weighted by atomic mass is 79.9. The number of ether oxygens (including phenoxy) is 2. The third-order valence-electron chi connectivity index (χ3n) is 6.14. The summed E-state index contributed by atoms with van der Waals surface area (Å²) in [5.74, 6) is 0.168. The number of carbonyl (C=O) groups is 3. The van der Waals surface area contributed by atoms with Gasteiger partial charge in [0.2, 0.25) is 0 Å². The highest BCUT2D eigenvalue weighted by molar-refractivity contribution is 9.10. The highest BCUT2D eigenvalue weighted by Crippen LogP contribution is 2.40. The van der Waals surface area contributed by atoms with Gasteiger partial charge in [-0.2, -0.15) is 0 Å². The molecule has 0 bridgehead atoms. The molecule has 1 aliphatic heterocycles. The number of Topliss-reactive ketones (excluding diaryl/α,β-unsaturated/α-hetero) is 1. The third-order valence-corrected chi connectivity index (χ3v) is 8.17. The van der Waals surface area contributed by atoms with Gasteiger partial charge in [-0.15, -0.1) is 0 Å². The number of hydrogen-bond acceptors (Lipinski definition) is 6. The van der Waals surface area contributed by atoms with Crippen LogP contribution < -0.4 is 9.47 Å². The molecule has 4 aromatic rings. The Morgan fingerprint density at radius 3 is 2.49 bits per heavy atom. The zero-order valence-corrected chi connectivity index (χ0v) is 24.6. The molecular formula is C30H21Br2NO5S. The number of carbonyl (C=O) groups excluding carboxylic acids is 3. The molecule has 39 heavy (non-hydrogen) atoms. The maximum Gasteiger partial charge on any atom is 0.293 e. The van der Waals surface area contributed by atoms with Gasteiger partial charge < -0.3 is 9.47 Å². The highest BCUT2D eigenvalue weighted by Gasteiger charge is 2.36. The molecule has 1 aliphatic rings. The van der Waals surface area contributed by atoms with Crippen molar-refractivity contribution in [1.29, 1.82) is 0 Å². The van der Waals surface area contributed by atoms with Gasteiger partial charge in [0.15, 0.2) is 17.3 Å². The standard InChI is InChI=1S/C30H21Br2NO5S/c1-37-26-14-18(13-24(32)28(26)38-17-21-7-4-6-19-5-2-3-8-23(19)21)15-27-29(35)33(30(36)39-27)16-25(34)20-9-11-22(31)12-10-20/h2-15H,16-17H2,1H3/b27-15+. The summed E-state index contributed by atoms with van der Waals surface area (Å²) in [5.41, 5.74) is 2.10. The molecule has 0 spiro atoms. The lowest BCUT2D eigenvalue weighted by Crippen LogP contribution is -2.33. The van der Waals surface area contributed by atoms with E-state index in [0.717, 1.165) is 37.5 Å². The van der Waals surface area contributed by atoms with E-state index in [0.29, 0.717) is 33.7 Å². The summed E-state index contributed by atoms with van der Waals surface area (Å²) >= 11 is 7.69. The Labute approximate surface area is 246 Å². The average molecular weight is 667 g/mol. The average Bonchev–Trinajstić information content (AvgIpc) is 3.19. The first-order valence-electron chi connectivity index (χ1n) is 11.8. The summed E-state index contributed by atoms with van der Waals surface area (Å²) in [4.78, 5) is 39.4. The Kier molecular flexibility index (Phi) is 8.20. The van der Waals surface area contributed by atoms with Crippen LogP contribution in [-0.4, -0.2) is 35.5 Å². The van der Waals surface area contributed by atoms with Gasteiger partial charge in [0.25, 0.3) is 11.1 Å². The smallest absolute Gasteiger partial charge is 0.293 e. The summed E-state index contributed by atoms with van der Waals surface area (Å²) in [6, 6.07) is 24.5. The van der Waals surface area contributed by atoms with Crippen LogP contribution in [0.1, 0.15) is 21.5 Å². The van der Waals surface area contributed by atoms with Gasteiger partial charge in [-0.05, 0) is 79.9 Å². The number of rotatable bonds is 8. The lowest BCUT2D eigenvalue weighted by atomic mass is 10.1. The van der Waals surface area contributed by atoms with Crippen molar-refractivity contribution < 1.29 is 23.9 Å². The monoisotopic (exact) mass is 665 g/mol. The largest absolute Gasteiger partial charge is 0.493 e. The lowest BCUT2D eigenvalue weighted by Gasteiger charge is -2.15. The van der Waals surface area contributed by atoms with Gasteiger partial charge in [0, 0.05) is 10.0 Å². The van der Waals surface area contributed by atoms with E-state index in [2.05, 4.69) is 50.1 Å².